The van der Waals surface area contributed by atoms with Crippen LogP contribution in [0, 0.1) is 5.92 Å². The summed E-state index contributed by atoms with van der Waals surface area (Å²) in [6.07, 6.45) is 62.8. The van der Waals surface area contributed by atoms with Gasteiger partial charge in [0.2, 0.25) is 0 Å². The van der Waals surface area contributed by atoms with Gasteiger partial charge in [0.05, 0.1) is 26.4 Å². The van der Waals surface area contributed by atoms with Crippen LogP contribution in [0.1, 0.15) is 349 Å². The summed E-state index contributed by atoms with van der Waals surface area (Å²) in [4.78, 5) is 72.6. The van der Waals surface area contributed by atoms with Crippen molar-refractivity contribution in [1.82, 2.24) is 0 Å². The van der Waals surface area contributed by atoms with Gasteiger partial charge in [-0.2, -0.15) is 0 Å². The van der Waals surface area contributed by atoms with E-state index in [1.807, 2.05) is 0 Å². The summed E-state index contributed by atoms with van der Waals surface area (Å²) < 4.78 is 68.3. The van der Waals surface area contributed by atoms with Crippen LogP contribution in [-0.4, -0.2) is 96.7 Å². The first-order valence-corrected chi connectivity index (χ1v) is 41.3. The number of phosphoric ester groups is 2. The number of esters is 4. The SMILES string of the molecule is CCCCCC/C=C\C=C/CCCCCCCC(=O)OC[C@H](COP(=O)(O)OC[C@@H](O)COP(=O)(O)OC[C@@H](COC(=O)CCCCCCCCC)OC(=O)CCCCCCC/C=C\C=C/CCCCCC)OC(=O)CCCCCCCCCCCCCCCCCC(C)C. The number of hydrogen-bond acceptors (Lipinski definition) is 15. The number of carbonyl (C=O) groups excluding carboxylic acids is 4. The third-order valence-electron chi connectivity index (χ3n) is 16.5. The highest BCUT2D eigenvalue weighted by molar-refractivity contribution is 7.47. The van der Waals surface area contributed by atoms with Crippen LogP contribution in [0.2, 0.25) is 0 Å². The first-order chi connectivity index (χ1) is 46.0. The van der Waals surface area contributed by atoms with E-state index in [0.717, 1.165) is 141 Å². The molecule has 0 bridgehead atoms. The van der Waals surface area contributed by atoms with Gasteiger partial charge in [-0.15, -0.1) is 0 Å². The second-order valence-electron chi connectivity index (χ2n) is 26.5. The molecule has 0 saturated carbocycles. The van der Waals surface area contributed by atoms with Gasteiger partial charge in [0.15, 0.2) is 12.2 Å². The Labute approximate surface area is 578 Å². The first-order valence-electron chi connectivity index (χ1n) is 38.3. The van der Waals surface area contributed by atoms with E-state index in [2.05, 4.69) is 83.2 Å². The van der Waals surface area contributed by atoms with E-state index >= 15 is 0 Å². The average Bonchev–Trinajstić information content (AvgIpc) is 1.41. The molecule has 0 heterocycles. The highest BCUT2D eigenvalue weighted by Gasteiger charge is 2.30. The minimum atomic E-state index is -4.97. The normalized spacial score (nSPS) is 14.3. The molecule has 0 saturated heterocycles. The molecule has 0 spiro atoms. The Bertz CT molecular complexity index is 2010. The Morgan fingerprint density at radius 2 is 0.568 bits per heavy atom. The molecule has 0 radical (unpaired) electrons. The van der Waals surface area contributed by atoms with Crippen LogP contribution in [0.5, 0.6) is 0 Å². The van der Waals surface area contributed by atoms with Crippen molar-refractivity contribution in [2.75, 3.05) is 39.6 Å². The number of ether oxygens (including phenoxy) is 4. The summed E-state index contributed by atoms with van der Waals surface area (Å²) in [5.74, 6) is -1.38. The van der Waals surface area contributed by atoms with Gasteiger partial charge >= 0.3 is 39.5 Å². The fourth-order valence-electron chi connectivity index (χ4n) is 10.6. The molecule has 0 aromatic carbocycles. The van der Waals surface area contributed by atoms with E-state index in [0.29, 0.717) is 25.7 Å². The van der Waals surface area contributed by atoms with Crippen LogP contribution in [0.15, 0.2) is 48.6 Å². The lowest BCUT2D eigenvalue weighted by Crippen LogP contribution is -2.30. The van der Waals surface area contributed by atoms with E-state index in [4.69, 9.17) is 37.0 Å². The van der Waals surface area contributed by atoms with Crippen LogP contribution >= 0.6 is 15.6 Å². The summed E-state index contributed by atoms with van der Waals surface area (Å²) in [5.41, 5.74) is 0. The van der Waals surface area contributed by atoms with Gasteiger partial charge in [-0.1, -0.05) is 295 Å². The van der Waals surface area contributed by atoms with Gasteiger partial charge in [0.25, 0.3) is 0 Å². The molecule has 0 amide bonds. The summed E-state index contributed by atoms with van der Waals surface area (Å²) in [6.45, 7) is 7.14. The van der Waals surface area contributed by atoms with Crippen molar-refractivity contribution in [3.05, 3.63) is 48.6 Å². The van der Waals surface area contributed by atoms with E-state index in [-0.39, 0.29) is 25.7 Å². The Morgan fingerprint density at radius 3 is 0.863 bits per heavy atom. The van der Waals surface area contributed by atoms with Gasteiger partial charge in [0.1, 0.15) is 19.3 Å². The van der Waals surface area contributed by atoms with Crippen LogP contribution < -0.4 is 0 Å². The molecule has 0 aliphatic heterocycles. The zero-order valence-electron chi connectivity index (χ0n) is 60.8. The third kappa shape index (κ3) is 69.3. The lowest BCUT2D eigenvalue weighted by atomic mass is 10.0. The van der Waals surface area contributed by atoms with Crippen LogP contribution in [-0.2, 0) is 65.4 Å². The number of hydrogen-bond donors (Lipinski definition) is 3. The highest BCUT2D eigenvalue weighted by atomic mass is 31.2. The van der Waals surface area contributed by atoms with Crippen molar-refractivity contribution in [2.24, 2.45) is 5.92 Å². The van der Waals surface area contributed by atoms with Crippen molar-refractivity contribution in [1.29, 1.82) is 0 Å². The molecule has 2 unspecified atom stereocenters. The monoisotopic (exact) mass is 1390 g/mol. The predicted molar refractivity (Wildman–Crippen MR) is 386 cm³/mol. The number of phosphoric acid groups is 2. The van der Waals surface area contributed by atoms with Gasteiger partial charge < -0.3 is 33.8 Å². The highest BCUT2D eigenvalue weighted by Crippen LogP contribution is 2.45. The summed E-state index contributed by atoms with van der Waals surface area (Å²) in [5, 5.41) is 10.6. The smallest absolute Gasteiger partial charge is 0.462 e. The summed E-state index contributed by atoms with van der Waals surface area (Å²) in [6, 6.07) is 0. The first kappa shape index (κ1) is 92.0. The molecule has 0 rings (SSSR count). The molecule has 556 valence electrons. The maximum atomic E-state index is 13.1. The maximum Gasteiger partial charge on any atom is 0.472 e. The molecular formula is C76H140O17P2. The van der Waals surface area contributed by atoms with Gasteiger partial charge in [-0.3, -0.25) is 37.3 Å². The van der Waals surface area contributed by atoms with E-state index in [9.17, 15) is 43.2 Å². The molecule has 17 nitrogen and oxygen atoms in total. The van der Waals surface area contributed by atoms with E-state index < -0.39 is 97.5 Å². The Hall–Kier alpha value is -2.98. The van der Waals surface area contributed by atoms with Gasteiger partial charge in [0, 0.05) is 25.7 Å². The number of aliphatic hydroxyl groups excluding tert-OH is 1. The van der Waals surface area contributed by atoms with E-state index in [1.54, 1.807) is 0 Å². The minimum Gasteiger partial charge on any atom is -0.462 e. The second-order valence-corrected chi connectivity index (χ2v) is 29.4. The molecule has 0 aromatic rings. The quantitative estimate of drug-likeness (QED) is 0.0169. The molecule has 0 aliphatic carbocycles. The number of aliphatic hydroxyl groups is 1. The fraction of sp³-hybridized carbons (Fsp3) is 0.842. The zero-order valence-corrected chi connectivity index (χ0v) is 62.6. The summed E-state index contributed by atoms with van der Waals surface area (Å²) >= 11 is 0. The Kier molecular flexibility index (Phi) is 66.0. The summed E-state index contributed by atoms with van der Waals surface area (Å²) in [7, 11) is -9.93. The maximum absolute atomic E-state index is 13.1. The minimum absolute atomic E-state index is 0.0824. The van der Waals surface area contributed by atoms with E-state index in [1.165, 1.54) is 128 Å². The zero-order chi connectivity index (χ0) is 69.8. The van der Waals surface area contributed by atoms with Crippen molar-refractivity contribution >= 4 is 39.5 Å². The Balaban J connectivity index is 5.26. The van der Waals surface area contributed by atoms with Gasteiger partial charge in [-0.05, 0) is 83.0 Å². The number of allylic oxidation sites excluding steroid dienone is 8. The molecule has 0 fully saturated rings. The van der Waals surface area contributed by atoms with Crippen molar-refractivity contribution in [3.63, 3.8) is 0 Å². The molecule has 5 atom stereocenters. The fourth-order valence-corrected chi connectivity index (χ4v) is 12.2. The predicted octanol–water partition coefficient (Wildman–Crippen LogP) is 21.6. The van der Waals surface area contributed by atoms with Gasteiger partial charge in [-0.25, -0.2) is 9.13 Å². The number of unbranched alkanes of at least 4 members (excludes halogenated alkanes) is 38. The number of carbonyl (C=O) groups is 4. The molecular weight excluding hydrogens is 1250 g/mol. The topological polar surface area (TPSA) is 237 Å². The van der Waals surface area contributed by atoms with Crippen LogP contribution in [0.25, 0.3) is 0 Å². The largest absolute Gasteiger partial charge is 0.472 e. The third-order valence-corrected chi connectivity index (χ3v) is 18.4. The van der Waals surface area contributed by atoms with Crippen LogP contribution in [0.4, 0.5) is 0 Å². The van der Waals surface area contributed by atoms with Crippen molar-refractivity contribution in [2.45, 2.75) is 368 Å². The average molecular weight is 1390 g/mol. The molecule has 19 heteroatoms. The Morgan fingerprint density at radius 1 is 0.326 bits per heavy atom. The molecule has 3 N–H and O–H groups in total. The van der Waals surface area contributed by atoms with Crippen molar-refractivity contribution < 1.29 is 80.2 Å². The number of rotatable bonds is 72. The van der Waals surface area contributed by atoms with Crippen molar-refractivity contribution in [3.8, 4) is 0 Å². The second kappa shape index (κ2) is 68.2. The molecule has 0 aromatic heterocycles. The lowest BCUT2D eigenvalue weighted by molar-refractivity contribution is -0.161. The molecule has 0 aliphatic rings. The molecule has 95 heavy (non-hydrogen) atoms. The standard InChI is InChI=1S/C76H140O17P2/c1-6-9-12-15-18-20-22-24-27-32-36-40-45-50-55-60-74(79)87-66-72(93-76(81)62-57-52-47-42-38-34-30-26-29-31-35-39-44-48-53-58-69(4)5)68-91-95(84,85)89-64-70(77)63-88-94(82,83)90-67-71(65-86-73(78)59-54-49-43-17-14-11-8-3)92-75(80)61-56-51-46-41-37-33-28-25-23-21-19-16-13-10-7-2/h20-25,27-28,69-72,77H,6-19,26,29-68H2,1-5H3,(H,82,83)(H,84,85)/b22-20-,23-21-,27-24-,28-25-/t70-,71+,72+/m0/s1. The van der Waals surface area contributed by atoms with Crippen LogP contribution in [0.3, 0.4) is 0 Å². The lowest BCUT2D eigenvalue weighted by Gasteiger charge is -2.21.